The van der Waals surface area contributed by atoms with Crippen LogP contribution in [0.2, 0.25) is 5.02 Å². The Labute approximate surface area is 155 Å². The fraction of sp³-hybridized carbons (Fsp3) is 0.500. The number of benzene rings is 1. The van der Waals surface area contributed by atoms with E-state index in [-0.39, 0.29) is 39.6 Å². The molecule has 0 unspecified atom stereocenters. The van der Waals surface area contributed by atoms with Gasteiger partial charge in [-0.15, -0.1) is 0 Å². The number of carbonyl (C=O) groups is 1. The van der Waals surface area contributed by atoms with E-state index < -0.39 is 15.7 Å². The van der Waals surface area contributed by atoms with Crippen LogP contribution in [0.5, 0.6) is 0 Å². The zero-order valence-corrected chi connectivity index (χ0v) is 16.2. The van der Waals surface area contributed by atoms with Gasteiger partial charge in [0.15, 0.2) is 15.0 Å². The molecule has 2 aliphatic heterocycles. The molecule has 1 amide bonds. The summed E-state index contributed by atoms with van der Waals surface area (Å²) in [4.78, 5) is 18.2. The average molecular weight is 405 g/mol. The Morgan fingerprint density at radius 1 is 1.48 bits per heavy atom. The lowest BCUT2D eigenvalue weighted by Crippen LogP contribution is -2.37. The third-order valence-electron chi connectivity index (χ3n) is 4.49. The molecule has 0 radical (unpaired) electrons. The topological polar surface area (TPSA) is 66.8 Å². The molecule has 2 saturated heterocycles. The number of halogens is 2. The van der Waals surface area contributed by atoms with Crippen LogP contribution in [0, 0.1) is 11.7 Å². The summed E-state index contributed by atoms with van der Waals surface area (Å²) in [6, 6.07) is 3.86. The van der Waals surface area contributed by atoms with Crippen LogP contribution in [0.15, 0.2) is 23.2 Å². The molecule has 0 spiro atoms. The highest BCUT2D eigenvalue weighted by Gasteiger charge is 2.49. The van der Waals surface area contributed by atoms with E-state index in [9.17, 15) is 17.6 Å². The van der Waals surface area contributed by atoms with Gasteiger partial charge in [-0.05, 0) is 24.6 Å². The number of nitrogens with zero attached hydrogens (tertiary/aromatic N) is 2. The maximum Gasteiger partial charge on any atom is 0.250 e. The van der Waals surface area contributed by atoms with Gasteiger partial charge >= 0.3 is 0 Å². The van der Waals surface area contributed by atoms with Gasteiger partial charge in [-0.25, -0.2) is 12.8 Å². The highest BCUT2D eigenvalue weighted by Crippen LogP contribution is 2.41. The van der Waals surface area contributed by atoms with E-state index in [2.05, 4.69) is 4.99 Å². The third kappa shape index (κ3) is 3.71. The zero-order valence-electron chi connectivity index (χ0n) is 13.8. The van der Waals surface area contributed by atoms with Crippen molar-refractivity contribution in [1.82, 2.24) is 0 Å². The molecule has 9 heteroatoms. The number of amidine groups is 1. The van der Waals surface area contributed by atoms with Crippen LogP contribution in [-0.2, 0) is 14.6 Å². The van der Waals surface area contributed by atoms with Crippen LogP contribution in [0.1, 0.15) is 20.3 Å². The van der Waals surface area contributed by atoms with Crippen molar-refractivity contribution in [3.8, 4) is 0 Å². The number of fused-ring (bicyclic) bond motifs is 1. The van der Waals surface area contributed by atoms with Crippen LogP contribution in [0.3, 0.4) is 0 Å². The maximum absolute atomic E-state index is 13.5. The van der Waals surface area contributed by atoms with Gasteiger partial charge in [0, 0.05) is 16.9 Å². The predicted octanol–water partition coefficient (Wildman–Crippen LogP) is 3.13. The van der Waals surface area contributed by atoms with Crippen molar-refractivity contribution in [2.24, 2.45) is 10.9 Å². The highest BCUT2D eigenvalue weighted by molar-refractivity contribution is 8.16. The van der Waals surface area contributed by atoms with Gasteiger partial charge in [-0.1, -0.05) is 37.2 Å². The number of rotatable bonds is 3. The van der Waals surface area contributed by atoms with Crippen molar-refractivity contribution in [3.05, 3.63) is 29.0 Å². The summed E-state index contributed by atoms with van der Waals surface area (Å²) in [6.45, 7) is 3.71. The van der Waals surface area contributed by atoms with E-state index in [0.717, 1.165) is 0 Å². The van der Waals surface area contributed by atoms with Crippen LogP contribution in [0.4, 0.5) is 10.1 Å². The van der Waals surface area contributed by atoms with Crippen LogP contribution in [-0.4, -0.2) is 42.3 Å². The first-order chi connectivity index (χ1) is 11.7. The van der Waals surface area contributed by atoms with Gasteiger partial charge in [0.2, 0.25) is 0 Å². The van der Waals surface area contributed by atoms with Gasteiger partial charge in [0.25, 0.3) is 5.91 Å². The summed E-state index contributed by atoms with van der Waals surface area (Å²) in [5.41, 5.74) is 0.541. The number of thioether (sulfide) groups is 1. The van der Waals surface area contributed by atoms with E-state index in [1.807, 2.05) is 6.92 Å². The van der Waals surface area contributed by atoms with Gasteiger partial charge in [-0.3, -0.25) is 4.79 Å². The van der Waals surface area contributed by atoms with Crippen molar-refractivity contribution in [2.45, 2.75) is 31.6 Å². The lowest BCUT2D eigenvalue weighted by Gasteiger charge is -2.25. The van der Waals surface area contributed by atoms with Gasteiger partial charge in [0.05, 0.1) is 22.6 Å². The first kappa shape index (κ1) is 18.7. The molecule has 1 aromatic rings. The van der Waals surface area contributed by atoms with Gasteiger partial charge in [0.1, 0.15) is 5.82 Å². The number of aliphatic imine (C=N–C) groups is 1. The van der Waals surface area contributed by atoms with Crippen molar-refractivity contribution in [2.75, 3.05) is 16.4 Å². The molecule has 3 rings (SSSR count). The molecule has 3 atom stereocenters. The number of sulfone groups is 1. The first-order valence-corrected chi connectivity index (χ1v) is 11.0. The van der Waals surface area contributed by atoms with E-state index in [1.54, 1.807) is 11.8 Å². The molecule has 25 heavy (non-hydrogen) atoms. The number of hydrogen-bond donors (Lipinski definition) is 0. The first-order valence-electron chi connectivity index (χ1n) is 7.95. The minimum absolute atomic E-state index is 0.0177. The fourth-order valence-corrected chi connectivity index (χ4v) is 6.97. The quantitative estimate of drug-likeness (QED) is 0.774. The standard InChI is InChI=1S/C16H18ClFN2O3S2/c1-3-9(2)15(21)19-16-20(10-4-5-12(18)11(17)6-10)13-7-25(22,23)8-14(13)24-16/h4-6,9,13-14H,3,7-8H2,1-2H3/t9-,13-,14+/m1/s1. The monoisotopic (exact) mass is 404 g/mol. The molecule has 0 bridgehead atoms. The number of anilines is 1. The van der Waals surface area contributed by atoms with E-state index in [0.29, 0.717) is 17.3 Å². The van der Waals surface area contributed by atoms with E-state index >= 15 is 0 Å². The summed E-state index contributed by atoms with van der Waals surface area (Å²) < 4.78 is 37.5. The Bertz CT molecular complexity index is 844. The molecule has 2 fully saturated rings. The van der Waals surface area contributed by atoms with Gasteiger partial charge in [-0.2, -0.15) is 4.99 Å². The Kier molecular flexibility index (Phi) is 5.14. The Morgan fingerprint density at radius 3 is 2.84 bits per heavy atom. The molecule has 2 heterocycles. The number of amides is 1. The summed E-state index contributed by atoms with van der Waals surface area (Å²) >= 11 is 7.18. The Hall–Kier alpha value is -1.12. The van der Waals surface area contributed by atoms with Crippen LogP contribution >= 0.6 is 23.4 Å². The maximum atomic E-state index is 13.5. The molecule has 0 saturated carbocycles. The molecule has 2 aliphatic rings. The Balaban J connectivity index is 2.02. The summed E-state index contributed by atoms with van der Waals surface area (Å²) in [5.74, 6) is -0.982. The molecular formula is C16H18ClFN2O3S2. The van der Waals surface area contributed by atoms with Crippen LogP contribution < -0.4 is 4.90 Å². The largest absolute Gasteiger partial charge is 0.316 e. The number of hydrogen-bond acceptors (Lipinski definition) is 4. The SMILES string of the molecule is CC[C@@H](C)C(=O)N=C1S[C@H]2CS(=O)(=O)C[C@H]2N1c1ccc(F)c(Cl)c1. The molecule has 0 N–H and O–H groups in total. The highest BCUT2D eigenvalue weighted by atomic mass is 35.5. The molecule has 5 nitrogen and oxygen atoms in total. The second-order valence-corrected chi connectivity index (χ2v) is 10.1. The minimum Gasteiger partial charge on any atom is -0.316 e. The molecule has 1 aromatic carbocycles. The lowest BCUT2D eigenvalue weighted by molar-refractivity contribution is -0.121. The molecule has 136 valence electrons. The second-order valence-electron chi connectivity index (χ2n) is 6.31. The van der Waals surface area contributed by atoms with E-state index in [1.165, 1.54) is 30.0 Å². The van der Waals surface area contributed by atoms with Crippen molar-refractivity contribution >= 4 is 50.0 Å². The average Bonchev–Trinajstić information content (AvgIpc) is 3.00. The number of carbonyl (C=O) groups excluding carboxylic acids is 1. The van der Waals surface area contributed by atoms with Crippen molar-refractivity contribution < 1.29 is 17.6 Å². The van der Waals surface area contributed by atoms with Crippen molar-refractivity contribution in [3.63, 3.8) is 0 Å². The van der Waals surface area contributed by atoms with Gasteiger partial charge < -0.3 is 4.90 Å². The lowest BCUT2D eigenvalue weighted by atomic mass is 10.1. The molecular weight excluding hydrogens is 387 g/mol. The smallest absolute Gasteiger partial charge is 0.250 e. The normalized spacial score (nSPS) is 27.5. The summed E-state index contributed by atoms with van der Waals surface area (Å²) in [5, 5.41) is 0.203. The molecule has 0 aliphatic carbocycles. The molecule has 0 aromatic heterocycles. The zero-order chi connectivity index (χ0) is 18.4. The van der Waals surface area contributed by atoms with E-state index in [4.69, 9.17) is 11.6 Å². The van der Waals surface area contributed by atoms with Crippen LogP contribution in [0.25, 0.3) is 0 Å². The summed E-state index contributed by atoms with van der Waals surface area (Å²) in [7, 11) is -3.15. The summed E-state index contributed by atoms with van der Waals surface area (Å²) in [6.07, 6.45) is 0.671. The second kappa shape index (κ2) is 6.89. The fourth-order valence-electron chi connectivity index (χ4n) is 2.88. The third-order valence-corrected chi connectivity index (χ3v) is 7.99. The minimum atomic E-state index is -3.15. The van der Waals surface area contributed by atoms with Crippen molar-refractivity contribution in [1.29, 1.82) is 0 Å². The predicted molar refractivity (Wildman–Crippen MR) is 99.6 cm³/mol. The Morgan fingerprint density at radius 2 is 2.20 bits per heavy atom.